The summed E-state index contributed by atoms with van der Waals surface area (Å²) >= 11 is 1.30. The van der Waals surface area contributed by atoms with Crippen molar-refractivity contribution in [3.8, 4) is 0 Å². The summed E-state index contributed by atoms with van der Waals surface area (Å²) in [7, 11) is 1.60. The molecular weight excluding hydrogens is 304 g/mol. The van der Waals surface area contributed by atoms with E-state index >= 15 is 0 Å². The molecule has 7 nitrogen and oxygen atoms in total. The maximum Gasteiger partial charge on any atom is 0.325 e. The minimum Gasteiger partial charge on any atom is -0.332 e. The van der Waals surface area contributed by atoms with Crippen LogP contribution < -0.4 is 5.32 Å². The molecule has 2 aliphatic rings. The number of nitrogens with zero attached hydrogens (tertiary/aromatic N) is 3. The smallest absolute Gasteiger partial charge is 0.325 e. The molecule has 0 aromatic heterocycles. The molecule has 1 fully saturated rings. The Hall–Kier alpha value is -1.83. The molecule has 0 saturated carbocycles. The third kappa shape index (κ3) is 3.01. The van der Waals surface area contributed by atoms with Gasteiger partial charge < -0.3 is 9.80 Å². The molecule has 120 valence electrons. The number of carbonyl (C=O) groups is 3. The molecule has 0 aliphatic carbocycles. The molecule has 0 radical (unpaired) electrons. The number of carbonyl (C=O) groups excluding carboxylic acids is 3. The Morgan fingerprint density at radius 3 is 2.64 bits per heavy atom. The summed E-state index contributed by atoms with van der Waals surface area (Å²) in [5.41, 5.74) is 0.872. The van der Waals surface area contributed by atoms with Gasteiger partial charge in [0.15, 0.2) is 17.4 Å². The zero-order valence-corrected chi connectivity index (χ0v) is 13.9. The van der Waals surface area contributed by atoms with Gasteiger partial charge in [-0.15, -0.1) is 0 Å². The number of Topliss-reactive ketones (excluding diaryl/α,β-unsaturated/α-hetero) is 1. The molecule has 3 atom stereocenters. The van der Waals surface area contributed by atoms with Crippen molar-refractivity contribution in [3.63, 3.8) is 0 Å². The number of hydrogen-bond donors (Lipinski definition) is 1. The maximum atomic E-state index is 12.2. The summed E-state index contributed by atoms with van der Waals surface area (Å²) in [4.78, 5) is 43.2. The van der Waals surface area contributed by atoms with Crippen molar-refractivity contribution >= 4 is 34.7 Å². The number of amidine groups is 1. The van der Waals surface area contributed by atoms with Gasteiger partial charge in [0.25, 0.3) is 5.91 Å². The van der Waals surface area contributed by atoms with Crippen LogP contribution in [0.15, 0.2) is 17.1 Å². The van der Waals surface area contributed by atoms with E-state index in [-0.39, 0.29) is 16.9 Å². The van der Waals surface area contributed by atoms with Gasteiger partial charge in [-0.3, -0.25) is 14.9 Å². The lowest BCUT2D eigenvalue weighted by Gasteiger charge is -2.36. The monoisotopic (exact) mass is 324 g/mol. The molecule has 0 aromatic rings. The van der Waals surface area contributed by atoms with E-state index in [9.17, 15) is 14.4 Å². The fourth-order valence-electron chi connectivity index (χ4n) is 2.30. The highest BCUT2D eigenvalue weighted by molar-refractivity contribution is 8.14. The third-order valence-electron chi connectivity index (χ3n) is 3.62. The van der Waals surface area contributed by atoms with E-state index in [4.69, 9.17) is 0 Å². The number of aliphatic imine (C=N–C) groups is 1. The number of amides is 3. The van der Waals surface area contributed by atoms with E-state index in [0.29, 0.717) is 11.7 Å². The van der Waals surface area contributed by atoms with Crippen LogP contribution in [0.5, 0.6) is 0 Å². The van der Waals surface area contributed by atoms with Crippen molar-refractivity contribution in [2.75, 3.05) is 13.6 Å². The summed E-state index contributed by atoms with van der Waals surface area (Å²) in [6.07, 6.45) is -0.567. The molecule has 2 rings (SSSR count). The van der Waals surface area contributed by atoms with Crippen molar-refractivity contribution in [2.45, 2.75) is 38.2 Å². The SMILES string of the molecule is C=C(C)CN1C(SC(C)C(C)=O)=NC2C1C(=O)NC(=O)N2C. The molecule has 22 heavy (non-hydrogen) atoms. The van der Waals surface area contributed by atoms with Gasteiger partial charge in [0.2, 0.25) is 0 Å². The van der Waals surface area contributed by atoms with Crippen LogP contribution in [0.3, 0.4) is 0 Å². The van der Waals surface area contributed by atoms with Crippen molar-refractivity contribution < 1.29 is 14.4 Å². The number of fused-ring (bicyclic) bond motifs is 1. The van der Waals surface area contributed by atoms with E-state index in [1.807, 2.05) is 11.8 Å². The second-order valence-corrected chi connectivity index (χ2v) is 6.94. The Kier molecular flexibility index (Phi) is 4.60. The first-order valence-corrected chi connectivity index (χ1v) is 7.84. The van der Waals surface area contributed by atoms with Gasteiger partial charge in [0, 0.05) is 13.6 Å². The van der Waals surface area contributed by atoms with E-state index in [1.54, 1.807) is 14.0 Å². The lowest BCUT2D eigenvalue weighted by molar-refractivity contribution is -0.126. The Morgan fingerprint density at radius 1 is 1.45 bits per heavy atom. The van der Waals surface area contributed by atoms with Gasteiger partial charge in [0.1, 0.15) is 5.78 Å². The summed E-state index contributed by atoms with van der Waals surface area (Å²) in [6.45, 7) is 9.51. The van der Waals surface area contributed by atoms with Crippen LogP contribution in [0.2, 0.25) is 0 Å². The Balaban J connectivity index is 2.32. The number of hydrogen-bond acceptors (Lipinski definition) is 6. The number of nitrogens with one attached hydrogen (secondary N) is 1. The first kappa shape index (κ1) is 16.5. The number of urea groups is 1. The molecule has 8 heteroatoms. The van der Waals surface area contributed by atoms with Crippen molar-refractivity contribution in [3.05, 3.63) is 12.2 Å². The van der Waals surface area contributed by atoms with Crippen LogP contribution in [0.1, 0.15) is 20.8 Å². The maximum absolute atomic E-state index is 12.2. The number of rotatable bonds is 4. The van der Waals surface area contributed by atoms with Crippen molar-refractivity contribution in [1.29, 1.82) is 0 Å². The van der Waals surface area contributed by atoms with Gasteiger partial charge in [-0.25, -0.2) is 9.79 Å². The molecule has 1 N–H and O–H groups in total. The topological polar surface area (TPSA) is 82.1 Å². The largest absolute Gasteiger partial charge is 0.332 e. The number of imide groups is 1. The molecular formula is C14H20N4O3S. The van der Waals surface area contributed by atoms with Gasteiger partial charge >= 0.3 is 6.03 Å². The molecule has 2 aliphatic heterocycles. The van der Waals surface area contributed by atoms with Crippen LogP contribution in [-0.4, -0.2) is 63.7 Å². The second-order valence-electron chi connectivity index (χ2n) is 5.63. The van der Waals surface area contributed by atoms with E-state index in [0.717, 1.165) is 5.57 Å². The van der Waals surface area contributed by atoms with E-state index in [2.05, 4.69) is 16.9 Å². The van der Waals surface area contributed by atoms with Crippen LogP contribution in [0, 0.1) is 0 Å². The molecule has 0 aromatic carbocycles. The second kappa shape index (κ2) is 6.12. The van der Waals surface area contributed by atoms with E-state index < -0.39 is 18.2 Å². The van der Waals surface area contributed by atoms with Gasteiger partial charge in [-0.2, -0.15) is 0 Å². The molecule has 1 saturated heterocycles. The first-order valence-electron chi connectivity index (χ1n) is 6.96. The van der Waals surface area contributed by atoms with Crippen LogP contribution in [-0.2, 0) is 9.59 Å². The highest BCUT2D eigenvalue weighted by atomic mass is 32.2. The minimum absolute atomic E-state index is 0.0340. The molecule has 0 bridgehead atoms. The zero-order valence-electron chi connectivity index (χ0n) is 13.1. The van der Waals surface area contributed by atoms with Gasteiger partial charge in [0.05, 0.1) is 5.25 Å². The number of thioether (sulfide) groups is 1. The fourth-order valence-corrected chi connectivity index (χ4v) is 3.26. The summed E-state index contributed by atoms with van der Waals surface area (Å²) in [5.74, 6) is -0.337. The molecule has 3 unspecified atom stereocenters. The van der Waals surface area contributed by atoms with Crippen molar-refractivity contribution in [2.24, 2.45) is 4.99 Å². The summed E-state index contributed by atoms with van der Waals surface area (Å²) in [5, 5.41) is 2.65. The number of likely N-dealkylation sites (N-methyl/N-ethyl adjacent to an activating group) is 1. The standard InChI is InChI=1S/C14H20N4O3S/c1-7(2)6-18-10-11(17(5)13(21)16-12(10)20)15-14(18)22-9(4)8(3)19/h9-11H,1,6H2,2-5H3,(H,16,20,21). The van der Waals surface area contributed by atoms with Crippen LogP contribution >= 0.6 is 11.8 Å². The van der Waals surface area contributed by atoms with Crippen LogP contribution in [0.25, 0.3) is 0 Å². The van der Waals surface area contributed by atoms with Crippen LogP contribution in [0.4, 0.5) is 4.79 Å². The number of ketones is 1. The average molecular weight is 324 g/mol. The van der Waals surface area contributed by atoms with Crippen molar-refractivity contribution in [1.82, 2.24) is 15.1 Å². The Bertz CT molecular complexity index is 574. The highest BCUT2D eigenvalue weighted by Gasteiger charge is 2.48. The normalized spacial score (nSPS) is 25.5. The lowest BCUT2D eigenvalue weighted by Crippen LogP contribution is -2.63. The quantitative estimate of drug-likeness (QED) is 0.774. The predicted molar refractivity (Wildman–Crippen MR) is 85.6 cm³/mol. The zero-order chi connectivity index (χ0) is 16.6. The first-order chi connectivity index (χ1) is 10.2. The highest BCUT2D eigenvalue weighted by Crippen LogP contribution is 2.30. The predicted octanol–water partition coefficient (Wildman–Crippen LogP) is 0.821. The molecule has 2 heterocycles. The Morgan fingerprint density at radius 2 is 2.09 bits per heavy atom. The van der Waals surface area contributed by atoms with E-state index in [1.165, 1.54) is 23.6 Å². The summed E-state index contributed by atoms with van der Waals surface area (Å²) < 4.78 is 0. The van der Waals surface area contributed by atoms with Gasteiger partial charge in [-0.05, 0) is 20.8 Å². The fraction of sp³-hybridized carbons (Fsp3) is 0.571. The third-order valence-corrected chi connectivity index (χ3v) is 4.85. The molecule has 0 spiro atoms. The molecule has 3 amide bonds. The minimum atomic E-state index is -0.582. The summed E-state index contributed by atoms with van der Waals surface area (Å²) in [6, 6.07) is -1.04. The Labute approximate surface area is 133 Å². The average Bonchev–Trinajstić information content (AvgIpc) is 2.74. The van der Waals surface area contributed by atoms with Gasteiger partial charge in [-0.1, -0.05) is 23.9 Å². The lowest BCUT2D eigenvalue weighted by atomic mass is 10.1.